The topological polar surface area (TPSA) is 95.6 Å². The van der Waals surface area contributed by atoms with Crippen LogP contribution in [0.4, 0.5) is 5.69 Å². The SMILES string of the molecule is O=C1CCC(N2Cc3ccc(NC(=O)CCl)cc3C2=O)C(=O)N1. The second-order valence-corrected chi connectivity index (χ2v) is 5.72. The van der Waals surface area contributed by atoms with E-state index >= 15 is 0 Å². The Hall–Kier alpha value is -2.41. The molecule has 1 aromatic rings. The van der Waals surface area contributed by atoms with E-state index in [0.29, 0.717) is 24.2 Å². The third kappa shape index (κ3) is 2.92. The Labute approximate surface area is 137 Å². The molecule has 0 bridgehead atoms. The molecule has 1 aromatic carbocycles. The molecule has 0 radical (unpaired) electrons. The molecule has 1 unspecified atom stereocenters. The number of nitrogens with one attached hydrogen (secondary N) is 2. The molecule has 2 heterocycles. The summed E-state index contributed by atoms with van der Waals surface area (Å²) in [7, 11) is 0. The van der Waals surface area contributed by atoms with E-state index in [1.165, 1.54) is 4.90 Å². The van der Waals surface area contributed by atoms with Crippen LogP contribution in [0.3, 0.4) is 0 Å². The van der Waals surface area contributed by atoms with Crippen LogP contribution in [0.25, 0.3) is 0 Å². The zero-order valence-electron chi connectivity index (χ0n) is 12.1. The van der Waals surface area contributed by atoms with Gasteiger partial charge in [0.1, 0.15) is 11.9 Å². The zero-order chi connectivity index (χ0) is 16.6. The fourth-order valence-corrected chi connectivity index (χ4v) is 2.89. The maximum atomic E-state index is 12.6. The van der Waals surface area contributed by atoms with Crippen LogP contribution >= 0.6 is 11.6 Å². The summed E-state index contributed by atoms with van der Waals surface area (Å²) in [4.78, 5) is 48.5. The Balaban J connectivity index is 1.80. The van der Waals surface area contributed by atoms with Gasteiger partial charge in [-0.3, -0.25) is 24.5 Å². The number of hydrogen-bond donors (Lipinski definition) is 2. The summed E-state index contributed by atoms with van der Waals surface area (Å²) in [6.45, 7) is 0.310. The van der Waals surface area contributed by atoms with Gasteiger partial charge in [0.25, 0.3) is 5.91 Å². The minimum atomic E-state index is -0.645. The molecule has 23 heavy (non-hydrogen) atoms. The van der Waals surface area contributed by atoms with Crippen molar-refractivity contribution in [2.24, 2.45) is 0 Å². The lowest BCUT2D eigenvalue weighted by molar-refractivity contribution is -0.136. The summed E-state index contributed by atoms with van der Waals surface area (Å²) in [6, 6.07) is 4.36. The summed E-state index contributed by atoms with van der Waals surface area (Å²) in [6.07, 6.45) is 0.536. The van der Waals surface area contributed by atoms with E-state index in [-0.39, 0.29) is 30.0 Å². The molecule has 120 valence electrons. The lowest BCUT2D eigenvalue weighted by atomic mass is 10.0. The average molecular weight is 336 g/mol. The Bertz CT molecular complexity index is 719. The number of rotatable bonds is 3. The number of nitrogens with zero attached hydrogens (tertiary/aromatic N) is 1. The lowest BCUT2D eigenvalue weighted by Gasteiger charge is -2.29. The summed E-state index contributed by atoms with van der Waals surface area (Å²) in [5.74, 6) is -1.58. The van der Waals surface area contributed by atoms with Gasteiger partial charge in [0, 0.05) is 24.2 Å². The van der Waals surface area contributed by atoms with Crippen molar-refractivity contribution in [3.05, 3.63) is 29.3 Å². The van der Waals surface area contributed by atoms with Crippen LogP contribution in [0.15, 0.2) is 18.2 Å². The first kappa shape index (κ1) is 15.5. The number of anilines is 1. The van der Waals surface area contributed by atoms with E-state index < -0.39 is 11.9 Å². The van der Waals surface area contributed by atoms with E-state index in [1.807, 2.05) is 0 Å². The Morgan fingerprint density at radius 3 is 2.83 bits per heavy atom. The summed E-state index contributed by atoms with van der Waals surface area (Å²) >= 11 is 5.44. The van der Waals surface area contributed by atoms with Crippen molar-refractivity contribution in [2.45, 2.75) is 25.4 Å². The maximum Gasteiger partial charge on any atom is 0.255 e. The van der Waals surface area contributed by atoms with Crippen molar-refractivity contribution in [3.63, 3.8) is 0 Å². The highest BCUT2D eigenvalue weighted by atomic mass is 35.5. The van der Waals surface area contributed by atoms with Crippen molar-refractivity contribution < 1.29 is 19.2 Å². The normalized spacial score (nSPS) is 20.3. The van der Waals surface area contributed by atoms with Gasteiger partial charge in [0.2, 0.25) is 17.7 Å². The first-order valence-electron chi connectivity index (χ1n) is 7.13. The molecule has 0 aromatic heterocycles. The Morgan fingerprint density at radius 2 is 2.13 bits per heavy atom. The molecule has 1 atom stereocenters. The van der Waals surface area contributed by atoms with Crippen LogP contribution in [-0.2, 0) is 20.9 Å². The molecule has 7 nitrogen and oxygen atoms in total. The molecule has 2 aliphatic rings. The number of hydrogen-bond acceptors (Lipinski definition) is 4. The van der Waals surface area contributed by atoms with Crippen molar-refractivity contribution in [1.82, 2.24) is 10.2 Å². The number of imide groups is 1. The van der Waals surface area contributed by atoms with Gasteiger partial charge in [-0.15, -0.1) is 11.6 Å². The Kier molecular flexibility index (Phi) is 4.04. The first-order valence-corrected chi connectivity index (χ1v) is 7.66. The van der Waals surface area contributed by atoms with Crippen molar-refractivity contribution in [3.8, 4) is 0 Å². The third-order valence-corrected chi connectivity index (χ3v) is 4.18. The monoisotopic (exact) mass is 335 g/mol. The molecule has 1 fully saturated rings. The third-order valence-electron chi connectivity index (χ3n) is 3.93. The number of alkyl halides is 1. The standard InChI is InChI=1S/C15H14ClN3O4/c16-6-13(21)17-9-2-1-8-7-19(15(23)10(8)5-9)11-3-4-12(20)18-14(11)22/h1-2,5,11H,3-4,6-7H2,(H,17,21)(H,18,20,22). The summed E-state index contributed by atoms with van der Waals surface area (Å²) in [5.41, 5.74) is 1.71. The van der Waals surface area contributed by atoms with Crippen molar-refractivity contribution in [2.75, 3.05) is 11.2 Å². The molecule has 1 saturated heterocycles. The fraction of sp³-hybridized carbons (Fsp3) is 0.333. The van der Waals surface area contributed by atoms with Gasteiger partial charge in [0.05, 0.1) is 0 Å². The van der Waals surface area contributed by atoms with E-state index in [0.717, 1.165) is 5.56 Å². The van der Waals surface area contributed by atoms with Crippen LogP contribution in [0.1, 0.15) is 28.8 Å². The van der Waals surface area contributed by atoms with Crippen molar-refractivity contribution >= 4 is 40.9 Å². The predicted octanol–water partition coefficient (Wildman–Crippen LogP) is 0.625. The summed E-state index contributed by atoms with van der Waals surface area (Å²) in [5, 5.41) is 4.84. The first-order chi connectivity index (χ1) is 11.0. The molecule has 8 heteroatoms. The quantitative estimate of drug-likeness (QED) is 0.625. The highest BCUT2D eigenvalue weighted by Gasteiger charge is 2.39. The molecule has 2 N–H and O–H groups in total. The number of halogens is 1. The average Bonchev–Trinajstić information content (AvgIpc) is 2.84. The van der Waals surface area contributed by atoms with Crippen LogP contribution in [0.2, 0.25) is 0 Å². The van der Waals surface area contributed by atoms with Crippen LogP contribution in [0.5, 0.6) is 0 Å². The molecule has 0 spiro atoms. The molecule has 0 saturated carbocycles. The van der Waals surface area contributed by atoms with E-state index in [4.69, 9.17) is 11.6 Å². The molecule has 4 amide bonds. The molecule has 2 aliphatic heterocycles. The Morgan fingerprint density at radius 1 is 1.35 bits per heavy atom. The number of piperidine rings is 1. The lowest BCUT2D eigenvalue weighted by Crippen LogP contribution is -2.52. The van der Waals surface area contributed by atoms with Gasteiger partial charge in [-0.1, -0.05) is 6.07 Å². The predicted molar refractivity (Wildman–Crippen MR) is 81.8 cm³/mol. The number of fused-ring (bicyclic) bond motifs is 1. The highest BCUT2D eigenvalue weighted by molar-refractivity contribution is 6.29. The maximum absolute atomic E-state index is 12.6. The number of benzene rings is 1. The zero-order valence-corrected chi connectivity index (χ0v) is 12.9. The highest BCUT2D eigenvalue weighted by Crippen LogP contribution is 2.29. The van der Waals surface area contributed by atoms with Crippen LogP contribution < -0.4 is 10.6 Å². The van der Waals surface area contributed by atoms with Crippen LogP contribution in [0, 0.1) is 0 Å². The van der Waals surface area contributed by atoms with Crippen molar-refractivity contribution in [1.29, 1.82) is 0 Å². The minimum absolute atomic E-state index is 0.173. The minimum Gasteiger partial charge on any atom is -0.325 e. The number of carbonyl (C=O) groups excluding carboxylic acids is 4. The summed E-state index contributed by atoms with van der Waals surface area (Å²) < 4.78 is 0. The number of carbonyl (C=O) groups is 4. The van der Waals surface area contributed by atoms with Gasteiger partial charge < -0.3 is 10.2 Å². The second kappa shape index (κ2) is 6.00. The van der Waals surface area contributed by atoms with E-state index in [9.17, 15) is 19.2 Å². The van der Waals surface area contributed by atoms with Gasteiger partial charge >= 0.3 is 0 Å². The molecule has 0 aliphatic carbocycles. The molecule has 3 rings (SSSR count). The molecular formula is C15H14ClN3O4. The molecular weight excluding hydrogens is 322 g/mol. The smallest absolute Gasteiger partial charge is 0.255 e. The van der Waals surface area contributed by atoms with Crippen LogP contribution in [-0.4, -0.2) is 40.5 Å². The van der Waals surface area contributed by atoms with E-state index in [2.05, 4.69) is 10.6 Å². The second-order valence-electron chi connectivity index (χ2n) is 5.45. The fourth-order valence-electron chi connectivity index (χ4n) is 2.83. The van der Waals surface area contributed by atoms with Gasteiger partial charge in [-0.2, -0.15) is 0 Å². The van der Waals surface area contributed by atoms with Gasteiger partial charge in [0.15, 0.2) is 0 Å². The van der Waals surface area contributed by atoms with Gasteiger partial charge in [-0.25, -0.2) is 0 Å². The largest absolute Gasteiger partial charge is 0.325 e. The van der Waals surface area contributed by atoms with E-state index in [1.54, 1.807) is 18.2 Å². The van der Waals surface area contributed by atoms with Gasteiger partial charge in [-0.05, 0) is 24.1 Å². The number of amides is 4.